The van der Waals surface area contributed by atoms with E-state index in [2.05, 4.69) is 5.32 Å². The number of hydrogen-bond donors (Lipinski definition) is 1. The first-order valence-corrected chi connectivity index (χ1v) is 7.82. The number of rotatable bonds is 8. The summed E-state index contributed by atoms with van der Waals surface area (Å²) in [7, 11) is 3.28. The van der Waals surface area contributed by atoms with E-state index < -0.39 is 0 Å². The van der Waals surface area contributed by atoms with Gasteiger partial charge in [-0.1, -0.05) is 0 Å². The molecular weight excluding hydrogens is 282 g/mol. The molecule has 2 rings (SSSR count). The summed E-state index contributed by atoms with van der Waals surface area (Å²) in [6, 6.07) is 5.69. The number of carbonyl (C=O) groups excluding carboxylic acids is 1. The van der Waals surface area contributed by atoms with Gasteiger partial charge in [-0.05, 0) is 49.4 Å². The van der Waals surface area contributed by atoms with Crippen LogP contribution in [0, 0.1) is 0 Å². The van der Waals surface area contributed by atoms with E-state index in [1.807, 2.05) is 18.2 Å². The van der Waals surface area contributed by atoms with Gasteiger partial charge >= 0.3 is 0 Å². The largest absolute Gasteiger partial charge is 0.497 e. The second-order valence-corrected chi connectivity index (χ2v) is 5.45. The zero-order chi connectivity index (χ0) is 15.8. The highest BCUT2D eigenvalue weighted by Gasteiger charge is 2.16. The topological polar surface area (TPSA) is 56.8 Å². The standard InChI is InChI=1S/C17H25NO4/c1-20-15-5-7-16(21-2)13(12-15)9-10-18-17(19)8-6-14-4-3-11-22-14/h5,7,12,14H,3-4,6,8-11H2,1-2H3,(H,18,19)/t14-/m1/s1. The molecule has 1 fully saturated rings. The van der Waals surface area contributed by atoms with Crippen LogP contribution in [0.2, 0.25) is 0 Å². The summed E-state index contributed by atoms with van der Waals surface area (Å²) in [5.41, 5.74) is 1.03. The first-order valence-electron chi connectivity index (χ1n) is 7.82. The Bertz CT molecular complexity index is 484. The van der Waals surface area contributed by atoms with Crippen molar-refractivity contribution in [2.24, 2.45) is 0 Å². The van der Waals surface area contributed by atoms with E-state index in [0.29, 0.717) is 19.4 Å². The number of amides is 1. The summed E-state index contributed by atoms with van der Waals surface area (Å²) in [4.78, 5) is 11.8. The van der Waals surface area contributed by atoms with E-state index >= 15 is 0 Å². The zero-order valence-corrected chi connectivity index (χ0v) is 13.4. The Morgan fingerprint density at radius 1 is 1.36 bits per heavy atom. The zero-order valence-electron chi connectivity index (χ0n) is 13.4. The lowest BCUT2D eigenvalue weighted by molar-refractivity contribution is -0.121. The third-order valence-corrected chi connectivity index (χ3v) is 3.92. The van der Waals surface area contributed by atoms with Gasteiger partial charge in [0.05, 0.1) is 20.3 Å². The maximum atomic E-state index is 11.8. The first-order chi connectivity index (χ1) is 10.7. The summed E-state index contributed by atoms with van der Waals surface area (Å²) < 4.78 is 16.1. The van der Waals surface area contributed by atoms with Crippen molar-refractivity contribution in [3.8, 4) is 11.5 Å². The minimum absolute atomic E-state index is 0.0809. The normalized spacial score (nSPS) is 17.3. The number of nitrogens with one attached hydrogen (secondary N) is 1. The van der Waals surface area contributed by atoms with Gasteiger partial charge in [-0.15, -0.1) is 0 Å². The molecule has 0 spiro atoms. The quantitative estimate of drug-likeness (QED) is 0.801. The lowest BCUT2D eigenvalue weighted by Gasteiger charge is -2.12. The Balaban J connectivity index is 1.74. The van der Waals surface area contributed by atoms with Crippen molar-refractivity contribution in [1.29, 1.82) is 0 Å². The van der Waals surface area contributed by atoms with Crippen molar-refractivity contribution in [2.75, 3.05) is 27.4 Å². The summed E-state index contributed by atoms with van der Waals surface area (Å²) >= 11 is 0. The van der Waals surface area contributed by atoms with Crippen LogP contribution in [-0.2, 0) is 16.0 Å². The molecule has 0 radical (unpaired) electrons. The molecule has 1 heterocycles. The molecule has 22 heavy (non-hydrogen) atoms. The van der Waals surface area contributed by atoms with E-state index in [-0.39, 0.29) is 12.0 Å². The first kappa shape index (κ1) is 16.6. The van der Waals surface area contributed by atoms with Gasteiger partial charge in [0.1, 0.15) is 11.5 Å². The summed E-state index contributed by atoms with van der Waals surface area (Å²) in [5, 5.41) is 2.95. The average molecular weight is 307 g/mol. The highest BCUT2D eigenvalue weighted by atomic mass is 16.5. The molecule has 1 aromatic carbocycles. The minimum atomic E-state index is 0.0809. The second-order valence-electron chi connectivity index (χ2n) is 5.45. The van der Waals surface area contributed by atoms with Crippen molar-refractivity contribution < 1.29 is 19.0 Å². The second kappa shape index (κ2) is 8.63. The Kier molecular flexibility index (Phi) is 6.52. The SMILES string of the molecule is COc1ccc(OC)c(CCNC(=O)CC[C@H]2CCCO2)c1. The van der Waals surface area contributed by atoms with Gasteiger partial charge in [0.25, 0.3) is 0 Å². The van der Waals surface area contributed by atoms with E-state index in [4.69, 9.17) is 14.2 Å². The molecule has 0 saturated carbocycles. The number of benzene rings is 1. The van der Waals surface area contributed by atoms with Gasteiger partial charge in [0, 0.05) is 19.6 Å². The van der Waals surface area contributed by atoms with Crippen molar-refractivity contribution in [2.45, 2.75) is 38.2 Å². The molecule has 122 valence electrons. The van der Waals surface area contributed by atoms with Crippen LogP contribution < -0.4 is 14.8 Å². The van der Waals surface area contributed by atoms with Crippen molar-refractivity contribution in [1.82, 2.24) is 5.32 Å². The fourth-order valence-electron chi connectivity index (χ4n) is 2.67. The third-order valence-electron chi connectivity index (χ3n) is 3.92. The number of ether oxygens (including phenoxy) is 3. The summed E-state index contributed by atoms with van der Waals surface area (Å²) in [6.45, 7) is 1.43. The van der Waals surface area contributed by atoms with Gasteiger partial charge in [0.2, 0.25) is 5.91 Å². The Morgan fingerprint density at radius 2 is 2.23 bits per heavy atom. The Morgan fingerprint density at radius 3 is 2.91 bits per heavy atom. The van der Waals surface area contributed by atoms with Crippen molar-refractivity contribution >= 4 is 5.91 Å². The molecule has 5 nitrogen and oxygen atoms in total. The molecule has 1 amide bonds. The van der Waals surface area contributed by atoms with Gasteiger partial charge in [-0.2, -0.15) is 0 Å². The third kappa shape index (κ3) is 4.91. The van der Waals surface area contributed by atoms with Gasteiger partial charge in [0.15, 0.2) is 0 Å². The molecule has 1 N–H and O–H groups in total. The minimum Gasteiger partial charge on any atom is -0.497 e. The average Bonchev–Trinajstić information content (AvgIpc) is 3.06. The van der Waals surface area contributed by atoms with Crippen LogP contribution in [0.5, 0.6) is 11.5 Å². The van der Waals surface area contributed by atoms with E-state index in [1.54, 1.807) is 14.2 Å². The van der Waals surface area contributed by atoms with Crippen LogP contribution in [0.1, 0.15) is 31.2 Å². The predicted octanol–water partition coefficient (Wildman–Crippen LogP) is 2.32. The van der Waals surface area contributed by atoms with Gasteiger partial charge < -0.3 is 19.5 Å². The lowest BCUT2D eigenvalue weighted by Crippen LogP contribution is -2.26. The van der Waals surface area contributed by atoms with Crippen LogP contribution >= 0.6 is 0 Å². The fraction of sp³-hybridized carbons (Fsp3) is 0.588. The summed E-state index contributed by atoms with van der Waals surface area (Å²) in [6.07, 6.45) is 4.51. The number of carbonyl (C=O) groups is 1. The Hall–Kier alpha value is -1.75. The van der Waals surface area contributed by atoms with Crippen LogP contribution in [-0.4, -0.2) is 39.4 Å². The van der Waals surface area contributed by atoms with Gasteiger partial charge in [-0.3, -0.25) is 4.79 Å². The molecule has 1 aliphatic rings. The van der Waals surface area contributed by atoms with E-state index in [9.17, 15) is 4.79 Å². The highest BCUT2D eigenvalue weighted by molar-refractivity contribution is 5.75. The Labute approximate surface area is 131 Å². The van der Waals surface area contributed by atoms with Crippen molar-refractivity contribution in [3.63, 3.8) is 0 Å². The van der Waals surface area contributed by atoms with Crippen LogP contribution in [0.3, 0.4) is 0 Å². The predicted molar refractivity (Wildman–Crippen MR) is 84.5 cm³/mol. The molecular formula is C17H25NO4. The molecule has 1 aliphatic heterocycles. The van der Waals surface area contributed by atoms with E-state index in [1.165, 1.54) is 0 Å². The van der Waals surface area contributed by atoms with Crippen molar-refractivity contribution in [3.05, 3.63) is 23.8 Å². The van der Waals surface area contributed by atoms with Gasteiger partial charge in [-0.25, -0.2) is 0 Å². The highest BCUT2D eigenvalue weighted by Crippen LogP contribution is 2.24. The number of methoxy groups -OCH3 is 2. The monoisotopic (exact) mass is 307 g/mol. The molecule has 0 bridgehead atoms. The molecule has 0 aromatic heterocycles. The molecule has 1 saturated heterocycles. The molecule has 0 unspecified atom stereocenters. The lowest BCUT2D eigenvalue weighted by atomic mass is 10.1. The van der Waals surface area contributed by atoms with Crippen LogP contribution in [0.4, 0.5) is 0 Å². The number of hydrogen-bond acceptors (Lipinski definition) is 4. The van der Waals surface area contributed by atoms with Crippen LogP contribution in [0.25, 0.3) is 0 Å². The summed E-state index contributed by atoms with van der Waals surface area (Å²) in [5.74, 6) is 1.69. The molecule has 1 aromatic rings. The molecule has 1 atom stereocenters. The maximum Gasteiger partial charge on any atom is 0.220 e. The van der Waals surface area contributed by atoms with Crippen LogP contribution in [0.15, 0.2) is 18.2 Å². The van der Waals surface area contributed by atoms with E-state index in [0.717, 1.165) is 42.9 Å². The molecule has 0 aliphatic carbocycles. The maximum absolute atomic E-state index is 11.8. The fourth-order valence-corrected chi connectivity index (χ4v) is 2.67. The molecule has 5 heteroatoms. The smallest absolute Gasteiger partial charge is 0.220 e.